The quantitative estimate of drug-likeness (QED) is 0.612. The van der Waals surface area contributed by atoms with Crippen molar-refractivity contribution in [1.82, 2.24) is 20.5 Å². The molecule has 8 heteroatoms. The lowest BCUT2D eigenvalue weighted by Gasteiger charge is -2.35. The Bertz CT molecular complexity index is 815. The molecule has 8 nitrogen and oxygen atoms in total. The maximum atomic E-state index is 12.4. The topological polar surface area (TPSA) is 92.8 Å². The minimum absolute atomic E-state index is 0.0911. The first-order valence-corrected chi connectivity index (χ1v) is 9.60. The molecule has 29 heavy (non-hydrogen) atoms. The van der Waals surface area contributed by atoms with Crippen molar-refractivity contribution in [2.45, 2.75) is 19.0 Å². The third kappa shape index (κ3) is 5.92. The van der Waals surface area contributed by atoms with Crippen molar-refractivity contribution in [2.24, 2.45) is 0 Å². The Morgan fingerprint density at radius 3 is 2.97 bits per heavy atom. The predicted molar refractivity (Wildman–Crippen MR) is 108 cm³/mol. The number of piperazine rings is 1. The van der Waals surface area contributed by atoms with Gasteiger partial charge in [0.1, 0.15) is 18.1 Å². The zero-order valence-corrected chi connectivity index (χ0v) is 16.5. The number of hydrogen-bond acceptors (Lipinski definition) is 6. The predicted octanol–water partition coefficient (Wildman–Crippen LogP) is 0.976. The summed E-state index contributed by atoms with van der Waals surface area (Å²) in [6.45, 7) is 2.46. The second-order valence-electron chi connectivity index (χ2n) is 6.68. The number of para-hydroxylation sites is 1. The Hall–Kier alpha value is -3.13. The number of nitrogens with zero attached hydrogens (tertiary/aromatic N) is 2. The highest BCUT2D eigenvalue weighted by Gasteiger charge is 2.31. The van der Waals surface area contributed by atoms with Crippen molar-refractivity contribution >= 4 is 11.8 Å². The molecule has 3 rings (SSSR count). The molecule has 1 saturated heterocycles. The zero-order chi connectivity index (χ0) is 20.5. The van der Waals surface area contributed by atoms with Crippen LogP contribution in [-0.2, 0) is 16.1 Å². The number of hydrogen-bond donors (Lipinski definition) is 2. The molecule has 1 aliphatic heterocycles. The molecular weight excluding hydrogens is 372 g/mol. The van der Waals surface area contributed by atoms with Crippen LogP contribution in [0.1, 0.15) is 12.0 Å². The molecule has 2 aromatic rings. The molecule has 1 atom stereocenters. The van der Waals surface area contributed by atoms with Crippen LogP contribution in [0.15, 0.2) is 48.8 Å². The van der Waals surface area contributed by atoms with E-state index in [-0.39, 0.29) is 18.2 Å². The van der Waals surface area contributed by atoms with Crippen LogP contribution in [-0.4, -0.2) is 61.1 Å². The molecule has 1 aromatic heterocycles. The number of pyridine rings is 1. The van der Waals surface area contributed by atoms with E-state index in [1.54, 1.807) is 31.6 Å². The highest BCUT2D eigenvalue weighted by Crippen LogP contribution is 2.21. The van der Waals surface area contributed by atoms with Crippen LogP contribution in [0, 0.1) is 0 Å². The van der Waals surface area contributed by atoms with Crippen molar-refractivity contribution in [3.63, 3.8) is 0 Å². The molecule has 0 radical (unpaired) electrons. The average molecular weight is 398 g/mol. The minimum atomic E-state index is -0.520. The summed E-state index contributed by atoms with van der Waals surface area (Å²) in [4.78, 5) is 30.8. The van der Waals surface area contributed by atoms with E-state index < -0.39 is 6.04 Å². The number of ether oxygens (including phenoxy) is 2. The molecule has 0 bridgehead atoms. The molecule has 0 unspecified atom stereocenters. The van der Waals surface area contributed by atoms with Crippen molar-refractivity contribution in [2.75, 3.05) is 33.4 Å². The summed E-state index contributed by atoms with van der Waals surface area (Å²) in [6.07, 6.45) is 3.37. The Morgan fingerprint density at radius 1 is 1.31 bits per heavy atom. The normalized spacial score (nSPS) is 16.7. The average Bonchev–Trinajstić information content (AvgIpc) is 2.75. The Morgan fingerprint density at radius 2 is 2.17 bits per heavy atom. The first-order chi connectivity index (χ1) is 14.2. The number of carbonyl (C=O) groups excluding carboxylic acids is 2. The Labute approximate surface area is 170 Å². The van der Waals surface area contributed by atoms with Crippen LogP contribution in [0.2, 0.25) is 0 Å². The van der Waals surface area contributed by atoms with Gasteiger partial charge in [0.05, 0.1) is 32.3 Å². The lowest BCUT2D eigenvalue weighted by molar-refractivity contribution is -0.134. The van der Waals surface area contributed by atoms with Gasteiger partial charge in [-0.1, -0.05) is 18.2 Å². The van der Waals surface area contributed by atoms with E-state index in [1.165, 1.54) is 0 Å². The maximum Gasteiger partial charge on any atom is 0.237 e. The van der Waals surface area contributed by atoms with Crippen LogP contribution in [0.5, 0.6) is 11.5 Å². The highest BCUT2D eigenvalue weighted by atomic mass is 16.5. The lowest BCUT2D eigenvalue weighted by Crippen LogP contribution is -2.56. The van der Waals surface area contributed by atoms with Crippen LogP contribution in [0.3, 0.4) is 0 Å². The van der Waals surface area contributed by atoms with Crippen LogP contribution in [0.25, 0.3) is 0 Å². The zero-order valence-electron chi connectivity index (χ0n) is 16.5. The number of rotatable bonds is 9. The summed E-state index contributed by atoms with van der Waals surface area (Å²) < 4.78 is 10.9. The van der Waals surface area contributed by atoms with E-state index in [4.69, 9.17) is 9.47 Å². The number of amides is 2. The fourth-order valence-corrected chi connectivity index (χ4v) is 3.27. The smallest absolute Gasteiger partial charge is 0.237 e. The van der Waals surface area contributed by atoms with Crippen molar-refractivity contribution in [3.8, 4) is 11.5 Å². The van der Waals surface area contributed by atoms with Crippen LogP contribution >= 0.6 is 0 Å². The molecule has 0 saturated carbocycles. The standard InChI is InChI=1S/C21H26N4O4/c1-28-19-7-3-2-5-16(19)15-25-11-9-24-21(27)18(25)13-20(26)23-10-12-29-17-6-4-8-22-14-17/h2-8,14,18H,9-13,15H2,1H3,(H,23,26)(H,24,27)/t18-/m1/s1. The molecule has 154 valence electrons. The summed E-state index contributed by atoms with van der Waals surface area (Å²) in [5.41, 5.74) is 0.986. The monoisotopic (exact) mass is 398 g/mol. The summed E-state index contributed by atoms with van der Waals surface area (Å²) in [5, 5.41) is 5.66. The van der Waals surface area contributed by atoms with Crippen molar-refractivity contribution in [1.29, 1.82) is 0 Å². The van der Waals surface area contributed by atoms with E-state index in [2.05, 4.69) is 15.6 Å². The van der Waals surface area contributed by atoms with Gasteiger partial charge in [-0.2, -0.15) is 0 Å². The number of nitrogens with one attached hydrogen (secondary N) is 2. The molecule has 2 heterocycles. The third-order valence-corrected chi connectivity index (χ3v) is 4.71. The van der Waals surface area contributed by atoms with Gasteiger partial charge in [0, 0.05) is 31.4 Å². The highest BCUT2D eigenvalue weighted by molar-refractivity contribution is 5.88. The van der Waals surface area contributed by atoms with Gasteiger partial charge >= 0.3 is 0 Å². The molecule has 1 aromatic carbocycles. The number of aromatic nitrogens is 1. The van der Waals surface area contributed by atoms with E-state index in [9.17, 15) is 9.59 Å². The molecule has 1 fully saturated rings. The molecule has 2 N–H and O–H groups in total. The van der Waals surface area contributed by atoms with Gasteiger partial charge in [0.2, 0.25) is 11.8 Å². The molecular formula is C21H26N4O4. The second-order valence-corrected chi connectivity index (χ2v) is 6.68. The third-order valence-electron chi connectivity index (χ3n) is 4.71. The Kier molecular flexibility index (Phi) is 7.40. The van der Waals surface area contributed by atoms with E-state index >= 15 is 0 Å². The summed E-state index contributed by atoms with van der Waals surface area (Å²) in [6, 6.07) is 10.8. The number of benzene rings is 1. The largest absolute Gasteiger partial charge is 0.496 e. The van der Waals surface area contributed by atoms with Gasteiger partial charge in [0.25, 0.3) is 0 Å². The molecule has 0 aliphatic carbocycles. The Balaban J connectivity index is 1.52. The summed E-state index contributed by atoms with van der Waals surface area (Å²) >= 11 is 0. The first-order valence-electron chi connectivity index (χ1n) is 9.60. The van der Waals surface area contributed by atoms with E-state index in [0.717, 1.165) is 11.3 Å². The van der Waals surface area contributed by atoms with Gasteiger partial charge in [-0.3, -0.25) is 19.5 Å². The first kappa shape index (κ1) is 20.6. The van der Waals surface area contributed by atoms with E-state index in [0.29, 0.717) is 38.5 Å². The SMILES string of the molecule is COc1ccccc1CN1CCNC(=O)[C@H]1CC(=O)NCCOc1cccnc1. The van der Waals surface area contributed by atoms with Gasteiger partial charge in [-0.15, -0.1) is 0 Å². The summed E-state index contributed by atoms with van der Waals surface area (Å²) in [7, 11) is 1.63. The van der Waals surface area contributed by atoms with Gasteiger partial charge in [0.15, 0.2) is 0 Å². The van der Waals surface area contributed by atoms with Crippen molar-refractivity contribution in [3.05, 3.63) is 54.4 Å². The van der Waals surface area contributed by atoms with E-state index in [1.807, 2.05) is 29.2 Å². The van der Waals surface area contributed by atoms with Crippen LogP contribution in [0.4, 0.5) is 0 Å². The fourth-order valence-electron chi connectivity index (χ4n) is 3.27. The van der Waals surface area contributed by atoms with Crippen LogP contribution < -0.4 is 20.1 Å². The molecule has 0 spiro atoms. The minimum Gasteiger partial charge on any atom is -0.496 e. The molecule has 1 aliphatic rings. The lowest BCUT2D eigenvalue weighted by atomic mass is 10.1. The van der Waals surface area contributed by atoms with Gasteiger partial charge < -0.3 is 20.1 Å². The summed E-state index contributed by atoms with van der Waals surface area (Å²) in [5.74, 6) is 1.10. The number of carbonyl (C=O) groups is 2. The second kappa shape index (κ2) is 10.4. The maximum absolute atomic E-state index is 12.4. The fraction of sp³-hybridized carbons (Fsp3) is 0.381. The van der Waals surface area contributed by atoms with Gasteiger partial charge in [-0.05, 0) is 18.2 Å². The number of methoxy groups -OCH3 is 1. The van der Waals surface area contributed by atoms with Crippen molar-refractivity contribution < 1.29 is 19.1 Å². The molecule has 2 amide bonds. The van der Waals surface area contributed by atoms with Gasteiger partial charge in [-0.25, -0.2) is 0 Å².